The van der Waals surface area contributed by atoms with E-state index in [2.05, 4.69) is 24.8 Å². The van der Waals surface area contributed by atoms with Crippen LogP contribution in [0.1, 0.15) is 30.5 Å². The van der Waals surface area contributed by atoms with Gasteiger partial charge < -0.3 is 14.4 Å². The lowest BCUT2D eigenvalue weighted by Gasteiger charge is -2.47. The minimum Gasteiger partial charge on any atom is -0.493 e. The van der Waals surface area contributed by atoms with Crippen molar-refractivity contribution in [1.29, 1.82) is 0 Å². The van der Waals surface area contributed by atoms with Gasteiger partial charge in [-0.25, -0.2) is 0 Å². The molecule has 35 heavy (non-hydrogen) atoms. The summed E-state index contributed by atoms with van der Waals surface area (Å²) in [4.78, 5) is 23.8. The maximum atomic E-state index is 11.4. The fourth-order valence-electron chi connectivity index (χ4n) is 5.03. The molecule has 178 valence electrons. The lowest BCUT2D eigenvalue weighted by atomic mass is 9.76. The fraction of sp³-hybridized carbons (Fsp3) is 0.231. The molecule has 0 saturated carbocycles. The molecule has 0 aromatic heterocycles. The third-order valence-corrected chi connectivity index (χ3v) is 6.90. The zero-order valence-corrected chi connectivity index (χ0v) is 19.4. The van der Waals surface area contributed by atoms with Crippen LogP contribution in [0.5, 0.6) is 11.5 Å². The van der Waals surface area contributed by atoms with E-state index < -0.39 is 21.0 Å². The van der Waals surface area contributed by atoms with E-state index in [9.17, 15) is 20.2 Å². The Morgan fingerprint density at radius 2 is 1.66 bits per heavy atom. The number of fused-ring (bicyclic) bond motifs is 2. The molecule has 3 aromatic rings. The van der Waals surface area contributed by atoms with Gasteiger partial charge in [0.1, 0.15) is 0 Å². The Bertz CT molecular complexity index is 1380. The molecule has 0 bridgehead atoms. The van der Waals surface area contributed by atoms with Gasteiger partial charge >= 0.3 is 0 Å². The third kappa shape index (κ3) is 3.30. The second kappa shape index (κ2) is 7.83. The molecular formula is C26H23N3O6. The Hall–Kier alpha value is -4.40. The summed E-state index contributed by atoms with van der Waals surface area (Å²) in [7, 11) is 1.46. The maximum Gasteiger partial charge on any atom is 0.274 e. The first kappa shape index (κ1) is 22.4. The van der Waals surface area contributed by atoms with Crippen molar-refractivity contribution < 1.29 is 19.3 Å². The molecule has 3 aromatic carbocycles. The monoisotopic (exact) mass is 473 g/mol. The van der Waals surface area contributed by atoms with E-state index in [1.54, 1.807) is 12.1 Å². The number of anilines is 1. The van der Waals surface area contributed by atoms with Crippen molar-refractivity contribution in [2.24, 2.45) is 0 Å². The van der Waals surface area contributed by atoms with Gasteiger partial charge in [0.05, 0.1) is 28.4 Å². The molecule has 1 spiro atoms. The number of methoxy groups -OCH3 is 1. The van der Waals surface area contributed by atoms with E-state index in [0.29, 0.717) is 17.9 Å². The standard InChI is InChI=1S/C26H23N3O6/c1-25(2)21-6-4-5-7-22(21)27(16-17-8-10-19(11-9-17)28(30)31)26(25)13-12-18-14-20(29(32)33)15-23(34-3)24(18)35-26/h4-15H,16H2,1-3H3. The predicted molar refractivity (Wildman–Crippen MR) is 131 cm³/mol. The van der Waals surface area contributed by atoms with Crippen LogP contribution in [0, 0.1) is 20.2 Å². The number of para-hydroxylation sites is 1. The Labute approximate surface area is 201 Å². The second-order valence-corrected chi connectivity index (χ2v) is 9.11. The first-order valence-corrected chi connectivity index (χ1v) is 11.0. The first-order valence-electron chi connectivity index (χ1n) is 11.0. The lowest BCUT2D eigenvalue weighted by molar-refractivity contribution is -0.385. The largest absolute Gasteiger partial charge is 0.493 e. The number of rotatable bonds is 5. The van der Waals surface area contributed by atoms with Crippen LogP contribution in [0.25, 0.3) is 6.08 Å². The number of hydrogen-bond donors (Lipinski definition) is 0. The molecule has 1 atom stereocenters. The lowest BCUT2D eigenvalue weighted by Crippen LogP contribution is -2.59. The van der Waals surface area contributed by atoms with Crippen LogP contribution in [0.15, 0.2) is 66.7 Å². The number of hydrogen-bond acceptors (Lipinski definition) is 7. The summed E-state index contributed by atoms with van der Waals surface area (Å²) in [5, 5.41) is 22.5. The molecule has 0 N–H and O–H groups in total. The number of ether oxygens (including phenoxy) is 2. The van der Waals surface area contributed by atoms with Gasteiger partial charge in [0, 0.05) is 36.0 Å². The van der Waals surface area contributed by atoms with Crippen molar-refractivity contribution >= 4 is 23.1 Å². The normalized spacial score (nSPS) is 19.1. The quantitative estimate of drug-likeness (QED) is 0.350. The number of nitrogens with zero attached hydrogens (tertiary/aromatic N) is 3. The van der Waals surface area contributed by atoms with Crippen molar-refractivity contribution in [3.8, 4) is 11.5 Å². The Balaban J connectivity index is 1.65. The molecule has 0 saturated heterocycles. The number of benzene rings is 3. The molecule has 0 radical (unpaired) electrons. The predicted octanol–water partition coefficient (Wildman–Crippen LogP) is 5.61. The molecule has 0 aliphatic carbocycles. The Kier molecular flexibility index (Phi) is 5.01. The zero-order chi connectivity index (χ0) is 25.0. The summed E-state index contributed by atoms with van der Waals surface area (Å²) in [6, 6.07) is 17.3. The van der Waals surface area contributed by atoms with Gasteiger partial charge in [-0.2, -0.15) is 0 Å². The molecular weight excluding hydrogens is 450 g/mol. The summed E-state index contributed by atoms with van der Waals surface area (Å²) in [5.74, 6) is 0.704. The van der Waals surface area contributed by atoms with Gasteiger partial charge in [-0.05, 0) is 43.2 Å². The van der Waals surface area contributed by atoms with Crippen LogP contribution >= 0.6 is 0 Å². The fourth-order valence-corrected chi connectivity index (χ4v) is 5.03. The molecule has 0 amide bonds. The van der Waals surface area contributed by atoms with Crippen molar-refractivity contribution in [3.05, 3.63) is 104 Å². The third-order valence-electron chi connectivity index (χ3n) is 6.90. The summed E-state index contributed by atoms with van der Waals surface area (Å²) in [5.41, 5.74) is 1.94. The summed E-state index contributed by atoms with van der Waals surface area (Å²) >= 11 is 0. The van der Waals surface area contributed by atoms with Crippen molar-refractivity contribution in [2.75, 3.05) is 12.0 Å². The van der Waals surface area contributed by atoms with Gasteiger partial charge in [-0.3, -0.25) is 20.2 Å². The number of nitro groups is 2. The van der Waals surface area contributed by atoms with Crippen LogP contribution < -0.4 is 14.4 Å². The van der Waals surface area contributed by atoms with Gasteiger partial charge in [0.15, 0.2) is 11.5 Å². The molecule has 2 heterocycles. The van der Waals surface area contributed by atoms with E-state index >= 15 is 0 Å². The minimum atomic E-state index is -0.977. The average molecular weight is 473 g/mol. The van der Waals surface area contributed by atoms with Crippen molar-refractivity contribution in [3.63, 3.8) is 0 Å². The summed E-state index contributed by atoms with van der Waals surface area (Å²) in [6.07, 6.45) is 3.77. The molecule has 1 unspecified atom stereocenters. The van der Waals surface area contributed by atoms with Crippen LogP contribution in [0.3, 0.4) is 0 Å². The first-order chi connectivity index (χ1) is 16.7. The smallest absolute Gasteiger partial charge is 0.274 e. The molecule has 9 heteroatoms. The molecule has 2 aliphatic heterocycles. The highest BCUT2D eigenvalue weighted by Crippen LogP contribution is 2.56. The number of nitro benzene ring substituents is 2. The Morgan fingerprint density at radius 1 is 0.971 bits per heavy atom. The highest BCUT2D eigenvalue weighted by molar-refractivity contribution is 5.75. The van der Waals surface area contributed by atoms with E-state index in [0.717, 1.165) is 16.8 Å². The molecule has 5 rings (SSSR count). The minimum absolute atomic E-state index is 0.0275. The molecule has 2 aliphatic rings. The van der Waals surface area contributed by atoms with Crippen molar-refractivity contribution in [1.82, 2.24) is 0 Å². The average Bonchev–Trinajstić information content (AvgIpc) is 3.02. The highest BCUT2D eigenvalue weighted by Gasteiger charge is 2.59. The van der Waals surface area contributed by atoms with E-state index in [1.807, 2.05) is 30.4 Å². The van der Waals surface area contributed by atoms with Crippen LogP contribution in [-0.2, 0) is 12.0 Å². The maximum absolute atomic E-state index is 11.4. The zero-order valence-electron chi connectivity index (χ0n) is 19.4. The van der Waals surface area contributed by atoms with E-state index in [-0.39, 0.29) is 17.1 Å². The van der Waals surface area contributed by atoms with Crippen LogP contribution in [-0.4, -0.2) is 22.7 Å². The van der Waals surface area contributed by atoms with Gasteiger partial charge in [-0.1, -0.05) is 30.3 Å². The van der Waals surface area contributed by atoms with Gasteiger partial charge in [0.25, 0.3) is 11.4 Å². The van der Waals surface area contributed by atoms with Crippen molar-refractivity contribution in [2.45, 2.75) is 31.5 Å². The SMILES string of the molecule is COc1cc([N+](=O)[O-])cc2c1OC1(C=C2)N(Cc2ccc([N+](=O)[O-])cc2)c2ccccc2C1(C)C. The van der Waals surface area contributed by atoms with Gasteiger partial charge in [0.2, 0.25) is 5.72 Å². The van der Waals surface area contributed by atoms with Crippen LogP contribution in [0.2, 0.25) is 0 Å². The van der Waals surface area contributed by atoms with Gasteiger partial charge in [-0.15, -0.1) is 0 Å². The topological polar surface area (TPSA) is 108 Å². The molecule has 9 nitrogen and oxygen atoms in total. The summed E-state index contributed by atoms with van der Waals surface area (Å²) in [6.45, 7) is 4.61. The second-order valence-electron chi connectivity index (χ2n) is 9.11. The summed E-state index contributed by atoms with van der Waals surface area (Å²) < 4.78 is 12.3. The number of non-ortho nitro benzene ring substituents is 2. The highest BCUT2D eigenvalue weighted by atomic mass is 16.6. The van der Waals surface area contributed by atoms with E-state index in [1.165, 1.54) is 31.4 Å². The molecule has 0 fully saturated rings. The Morgan fingerprint density at radius 3 is 2.31 bits per heavy atom. The van der Waals surface area contributed by atoms with Crippen LogP contribution in [0.4, 0.5) is 17.1 Å². The van der Waals surface area contributed by atoms with E-state index in [4.69, 9.17) is 9.47 Å².